The Labute approximate surface area is 127 Å². The van der Waals surface area contributed by atoms with Crippen molar-refractivity contribution in [2.24, 2.45) is 0 Å². The first kappa shape index (κ1) is 15.2. The molecule has 0 aromatic heterocycles. The summed E-state index contributed by atoms with van der Waals surface area (Å²) in [6.45, 7) is 0. The predicted molar refractivity (Wildman–Crippen MR) is 80.0 cm³/mol. The number of nitrogens with one attached hydrogen (secondary N) is 1. The fourth-order valence-electron chi connectivity index (χ4n) is 1.65. The van der Waals surface area contributed by atoms with Gasteiger partial charge in [0.2, 0.25) is 0 Å². The van der Waals surface area contributed by atoms with E-state index in [0.29, 0.717) is 11.4 Å². The maximum absolute atomic E-state index is 12.3. The summed E-state index contributed by atoms with van der Waals surface area (Å²) < 4.78 is 32.0. The Balaban J connectivity index is 2.34. The summed E-state index contributed by atoms with van der Waals surface area (Å²) in [7, 11) is -2.29. The van der Waals surface area contributed by atoms with Crippen molar-refractivity contribution in [2.45, 2.75) is 4.90 Å². The van der Waals surface area contributed by atoms with Crippen LogP contribution in [0.4, 0.5) is 5.69 Å². The third kappa shape index (κ3) is 3.45. The number of nitriles is 1. The van der Waals surface area contributed by atoms with E-state index in [1.165, 1.54) is 25.3 Å². The molecule has 0 aliphatic carbocycles. The van der Waals surface area contributed by atoms with Gasteiger partial charge in [0.15, 0.2) is 0 Å². The molecule has 0 unspecified atom stereocenters. The molecule has 108 valence electrons. The van der Waals surface area contributed by atoms with E-state index in [9.17, 15) is 8.42 Å². The summed E-state index contributed by atoms with van der Waals surface area (Å²) in [4.78, 5) is -0.0191. The van der Waals surface area contributed by atoms with Crippen molar-refractivity contribution in [1.82, 2.24) is 0 Å². The van der Waals surface area contributed by atoms with E-state index in [0.717, 1.165) is 0 Å². The van der Waals surface area contributed by atoms with E-state index >= 15 is 0 Å². The van der Waals surface area contributed by atoms with Gasteiger partial charge in [-0.15, -0.1) is 0 Å². The summed E-state index contributed by atoms with van der Waals surface area (Å²) in [5.74, 6) is 0.535. The summed E-state index contributed by atoms with van der Waals surface area (Å²) in [6.07, 6.45) is 0. The van der Waals surface area contributed by atoms with Crippen molar-refractivity contribution in [3.8, 4) is 11.8 Å². The highest BCUT2D eigenvalue weighted by Gasteiger charge is 2.16. The highest BCUT2D eigenvalue weighted by molar-refractivity contribution is 7.92. The van der Waals surface area contributed by atoms with Gasteiger partial charge in [-0.05, 0) is 30.3 Å². The normalized spacial score (nSPS) is 10.7. The highest BCUT2D eigenvalue weighted by Crippen LogP contribution is 2.23. The fraction of sp³-hybridized carbons (Fsp3) is 0.0714. The molecule has 2 rings (SSSR count). The van der Waals surface area contributed by atoms with Gasteiger partial charge in [0.1, 0.15) is 11.8 Å². The zero-order valence-electron chi connectivity index (χ0n) is 11.0. The van der Waals surface area contributed by atoms with Gasteiger partial charge in [0.05, 0.1) is 28.3 Å². The van der Waals surface area contributed by atoms with Gasteiger partial charge in [-0.3, -0.25) is 4.72 Å². The molecule has 0 aliphatic heterocycles. The summed E-state index contributed by atoms with van der Waals surface area (Å²) in [6, 6.07) is 12.3. The first-order valence-electron chi connectivity index (χ1n) is 5.83. The largest absolute Gasteiger partial charge is 0.497 e. The second-order valence-corrected chi connectivity index (χ2v) is 6.18. The monoisotopic (exact) mass is 322 g/mol. The predicted octanol–water partition coefficient (Wildman–Crippen LogP) is 3.02. The van der Waals surface area contributed by atoms with Crippen LogP contribution in [0, 0.1) is 11.3 Å². The van der Waals surface area contributed by atoms with E-state index in [2.05, 4.69) is 4.72 Å². The maximum Gasteiger partial charge on any atom is 0.261 e. The molecule has 0 saturated carbocycles. The van der Waals surface area contributed by atoms with Gasteiger partial charge in [0, 0.05) is 6.07 Å². The van der Waals surface area contributed by atoms with Gasteiger partial charge in [-0.2, -0.15) is 5.26 Å². The molecule has 0 atom stereocenters. The molecule has 0 fully saturated rings. The van der Waals surface area contributed by atoms with Crippen LogP contribution in [-0.2, 0) is 10.0 Å². The second kappa shape index (κ2) is 6.04. The Bertz CT molecular complexity index is 813. The molecular formula is C14H11ClN2O3S. The molecule has 0 heterocycles. The minimum Gasteiger partial charge on any atom is -0.497 e. The molecule has 0 bridgehead atoms. The van der Waals surface area contributed by atoms with Crippen LogP contribution in [-0.4, -0.2) is 15.5 Å². The fourth-order valence-corrected chi connectivity index (χ4v) is 3.02. The lowest BCUT2D eigenvalue weighted by atomic mass is 10.2. The average Bonchev–Trinajstić information content (AvgIpc) is 2.47. The number of methoxy groups -OCH3 is 1. The number of halogens is 1. The number of sulfonamides is 1. The average molecular weight is 323 g/mol. The molecule has 0 radical (unpaired) electrons. The van der Waals surface area contributed by atoms with Gasteiger partial charge in [-0.1, -0.05) is 17.7 Å². The van der Waals surface area contributed by atoms with Crippen LogP contribution in [0.1, 0.15) is 5.56 Å². The van der Waals surface area contributed by atoms with Gasteiger partial charge in [0.25, 0.3) is 10.0 Å². The summed E-state index contributed by atoms with van der Waals surface area (Å²) in [5, 5.41) is 8.88. The Morgan fingerprint density at radius 3 is 2.62 bits per heavy atom. The molecule has 0 spiro atoms. The lowest BCUT2D eigenvalue weighted by Gasteiger charge is -2.09. The topological polar surface area (TPSA) is 79.2 Å². The zero-order chi connectivity index (χ0) is 15.5. The Hall–Kier alpha value is -2.23. The molecule has 2 aromatic carbocycles. The Morgan fingerprint density at radius 1 is 1.24 bits per heavy atom. The number of anilines is 1. The Morgan fingerprint density at radius 2 is 2.00 bits per heavy atom. The van der Waals surface area contributed by atoms with E-state index in [4.69, 9.17) is 21.6 Å². The minimum atomic E-state index is -3.79. The van der Waals surface area contributed by atoms with E-state index in [-0.39, 0.29) is 15.5 Å². The molecule has 1 N–H and O–H groups in total. The standard InChI is InChI=1S/C14H11ClN2O3S/c1-20-12-4-2-3-11(7-12)17-21(18,19)13-6-5-10(9-16)14(15)8-13/h2-8,17H,1H3. The van der Waals surface area contributed by atoms with Crippen LogP contribution >= 0.6 is 11.6 Å². The Kier molecular flexibility index (Phi) is 4.36. The molecule has 0 aliphatic rings. The van der Waals surface area contributed by atoms with Crippen molar-refractivity contribution >= 4 is 27.3 Å². The van der Waals surface area contributed by atoms with Crippen LogP contribution in [0.15, 0.2) is 47.4 Å². The van der Waals surface area contributed by atoms with Gasteiger partial charge in [-0.25, -0.2) is 8.42 Å². The highest BCUT2D eigenvalue weighted by atomic mass is 35.5. The number of hydrogen-bond donors (Lipinski definition) is 1. The number of hydrogen-bond acceptors (Lipinski definition) is 4. The van der Waals surface area contributed by atoms with Crippen molar-refractivity contribution in [3.05, 3.63) is 53.1 Å². The first-order chi connectivity index (χ1) is 9.96. The molecular weight excluding hydrogens is 312 g/mol. The van der Waals surface area contributed by atoms with E-state index in [1.807, 2.05) is 6.07 Å². The lowest BCUT2D eigenvalue weighted by Crippen LogP contribution is -2.13. The molecule has 0 amide bonds. The van der Waals surface area contributed by atoms with Crippen LogP contribution in [0.3, 0.4) is 0 Å². The molecule has 7 heteroatoms. The quantitative estimate of drug-likeness (QED) is 0.938. The maximum atomic E-state index is 12.3. The lowest BCUT2D eigenvalue weighted by molar-refractivity contribution is 0.415. The van der Waals surface area contributed by atoms with Gasteiger partial charge < -0.3 is 4.74 Å². The number of ether oxygens (including phenoxy) is 1. The minimum absolute atomic E-state index is 0.0191. The van der Waals surface area contributed by atoms with Crippen molar-refractivity contribution < 1.29 is 13.2 Å². The smallest absolute Gasteiger partial charge is 0.261 e. The van der Waals surface area contributed by atoms with Gasteiger partial charge >= 0.3 is 0 Å². The summed E-state index contributed by atoms with van der Waals surface area (Å²) >= 11 is 5.85. The third-order valence-corrected chi connectivity index (χ3v) is 4.38. The molecule has 5 nitrogen and oxygen atoms in total. The molecule has 0 saturated heterocycles. The third-order valence-electron chi connectivity index (χ3n) is 2.69. The zero-order valence-corrected chi connectivity index (χ0v) is 12.6. The summed E-state index contributed by atoms with van der Waals surface area (Å²) in [5.41, 5.74) is 0.590. The van der Waals surface area contributed by atoms with E-state index in [1.54, 1.807) is 24.3 Å². The van der Waals surface area contributed by atoms with E-state index < -0.39 is 10.0 Å². The van der Waals surface area contributed by atoms with Crippen molar-refractivity contribution in [1.29, 1.82) is 5.26 Å². The SMILES string of the molecule is COc1cccc(NS(=O)(=O)c2ccc(C#N)c(Cl)c2)c1. The number of nitrogens with zero attached hydrogens (tertiary/aromatic N) is 1. The van der Waals surface area contributed by atoms with Crippen molar-refractivity contribution in [3.63, 3.8) is 0 Å². The second-order valence-electron chi connectivity index (χ2n) is 4.09. The van der Waals surface area contributed by atoms with Crippen molar-refractivity contribution in [2.75, 3.05) is 11.8 Å². The number of benzene rings is 2. The van der Waals surface area contributed by atoms with Crippen LogP contribution in [0.5, 0.6) is 5.75 Å². The number of rotatable bonds is 4. The van der Waals surface area contributed by atoms with Crippen LogP contribution in [0.25, 0.3) is 0 Å². The molecule has 2 aromatic rings. The van der Waals surface area contributed by atoms with Crippen LogP contribution in [0.2, 0.25) is 5.02 Å². The molecule has 21 heavy (non-hydrogen) atoms. The van der Waals surface area contributed by atoms with Crippen LogP contribution < -0.4 is 9.46 Å². The first-order valence-corrected chi connectivity index (χ1v) is 7.69.